The molecule has 4 N–H and O–H groups in total. The average molecular weight is 660 g/mol. The average Bonchev–Trinajstić information content (AvgIpc) is 3.72. The lowest BCUT2D eigenvalue weighted by molar-refractivity contribution is -0.143. The Morgan fingerprint density at radius 3 is 2.23 bits per heavy atom. The number of amides is 3. The van der Waals surface area contributed by atoms with E-state index in [-0.39, 0.29) is 55.1 Å². The van der Waals surface area contributed by atoms with Crippen LogP contribution in [0.2, 0.25) is 0 Å². The quantitative estimate of drug-likeness (QED) is 0.140. The molecule has 1 aliphatic rings. The van der Waals surface area contributed by atoms with Gasteiger partial charge in [0, 0.05) is 23.8 Å². The van der Waals surface area contributed by atoms with E-state index < -0.39 is 24.0 Å². The molecule has 1 aliphatic heterocycles. The van der Waals surface area contributed by atoms with Gasteiger partial charge >= 0.3 is 5.97 Å². The first kappa shape index (κ1) is 35.5. The van der Waals surface area contributed by atoms with Gasteiger partial charge in [0.05, 0.1) is 30.6 Å². The molecule has 2 atom stereocenters. The SMILES string of the molecule is CCOC(=O)CN[C@@H](C(=O)N1CCC[C@H]1C(=O)NCc1ccc(C(N)=NC(=O)CC(C)(C)C)s1)C(c1ccccc1)c1ccccc1. The molecule has 11 heteroatoms. The van der Waals surface area contributed by atoms with Gasteiger partial charge in [-0.1, -0.05) is 81.4 Å². The van der Waals surface area contributed by atoms with Gasteiger partial charge in [0.2, 0.25) is 17.7 Å². The van der Waals surface area contributed by atoms with Gasteiger partial charge in [-0.25, -0.2) is 0 Å². The topological polar surface area (TPSA) is 143 Å². The van der Waals surface area contributed by atoms with Crippen molar-refractivity contribution in [3.63, 3.8) is 0 Å². The predicted molar refractivity (Wildman–Crippen MR) is 184 cm³/mol. The normalized spacial score (nSPS) is 15.8. The Bertz CT molecular complexity index is 1510. The van der Waals surface area contributed by atoms with Crippen molar-refractivity contribution in [3.05, 3.63) is 93.7 Å². The van der Waals surface area contributed by atoms with E-state index in [9.17, 15) is 19.2 Å². The van der Waals surface area contributed by atoms with Crippen molar-refractivity contribution in [2.45, 2.75) is 71.5 Å². The van der Waals surface area contributed by atoms with Gasteiger partial charge in [-0.3, -0.25) is 24.5 Å². The Balaban J connectivity index is 1.51. The molecule has 250 valence electrons. The number of carbonyl (C=O) groups is 4. The number of amidine groups is 1. The van der Waals surface area contributed by atoms with E-state index >= 15 is 0 Å². The maximum Gasteiger partial charge on any atom is 0.319 e. The number of nitrogens with zero attached hydrogens (tertiary/aromatic N) is 2. The Hall–Kier alpha value is -4.35. The molecule has 10 nitrogen and oxygen atoms in total. The summed E-state index contributed by atoms with van der Waals surface area (Å²) in [7, 11) is 0. The summed E-state index contributed by atoms with van der Waals surface area (Å²) in [6.45, 7) is 8.37. The van der Waals surface area contributed by atoms with Crippen LogP contribution in [0, 0.1) is 5.41 Å². The molecule has 0 spiro atoms. The number of hydrogen-bond donors (Lipinski definition) is 3. The molecule has 2 heterocycles. The van der Waals surface area contributed by atoms with Crippen molar-refractivity contribution in [2.24, 2.45) is 16.1 Å². The number of esters is 1. The standard InChI is InChI=1S/C36H45N5O5S/c1-5-46-30(43)23-38-32(31(24-13-8-6-9-14-24)25-15-10-7-11-16-25)35(45)41-20-12-17-27(41)34(44)39-22-26-18-19-28(47-26)33(37)40-29(42)21-36(2,3)4/h6-11,13-16,18-19,27,31-32,38H,5,12,17,20-23H2,1-4H3,(H,39,44)(H2,37,40,42)/t27-,32+/m0/s1. The number of carbonyl (C=O) groups excluding carboxylic acids is 4. The van der Waals surface area contributed by atoms with Crippen LogP contribution in [0.1, 0.15) is 73.8 Å². The molecule has 3 aromatic rings. The first-order valence-electron chi connectivity index (χ1n) is 16.0. The minimum Gasteiger partial charge on any atom is -0.465 e. The highest BCUT2D eigenvalue weighted by molar-refractivity contribution is 7.14. The summed E-state index contributed by atoms with van der Waals surface area (Å²) in [4.78, 5) is 59.8. The number of ether oxygens (including phenoxy) is 1. The molecular weight excluding hydrogens is 614 g/mol. The summed E-state index contributed by atoms with van der Waals surface area (Å²) in [5, 5.41) is 6.18. The molecule has 3 amide bonds. The molecule has 0 aliphatic carbocycles. The van der Waals surface area contributed by atoms with E-state index in [1.54, 1.807) is 17.9 Å². The molecule has 2 aromatic carbocycles. The van der Waals surface area contributed by atoms with E-state index in [1.165, 1.54) is 11.3 Å². The third kappa shape index (κ3) is 10.1. The fourth-order valence-electron chi connectivity index (χ4n) is 5.72. The molecule has 47 heavy (non-hydrogen) atoms. The fraction of sp³-hybridized carbons (Fsp3) is 0.417. The molecule has 0 saturated carbocycles. The number of aliphatic imine (C=N–C) groups is 1. The largest absolute Gasteiger partial charge is 0.465 e. The first-order chi connectivity index (χ1) is 22.5. The van der Waals surface area contributed by atoms with Crippen LogP contribution in [-0.4, -0.2) is 66.2 Å². The van der Waals surface area contributed by atoms with Crippen LogP contribution in [0.25, 0.3) is 0 Å². The van der Waals surface area contributed by atoms with Crippen LogP contribution < -0.4 is 16.4 Å². The summed E-state index contributed by atoms with van der Waals surface area (Å²) < 4.78 is 5.15. The second-order valence-electron chi connectivity index (χ2n) is 12.8. The Labute approximate surface area is 280 Å². The first-order valence-corrected chi connectivity index (χ1v) is 16.8. The minimum absolute atomic E-state index is 0.153. The Kier molecular flexibility index (Phi) is 12.4. The second kappa shape index (κ2) is 16.5. The molecule has 1 aromatic heterocycles. The third-order valence-electron chi connectivity index (χ3n) is 7.80. The Morgan fingerprint density at radius 2 is 1.64 bits per heavy atom. The summed E-state index contributed by atoms with van der Waals surface area (Å²) >= 11 is 1.35. The van der Waals surface area contributed by atoms with Crippen molar-refractivity contribution in [2.75, 3.05) is 19.7 Å². The van der Waals surface area contributed by atoms with Crippen LogP contribution in [0.4, 0.5) is 0 Å². The molecule has 1 saturated heterocycles. The second-order valence-corrected chi connectivity index (χ2v) is 13.9. The summed E-state index contributed by atoms with van der Waals surface area (Å²) in [6, 6.07) is 21.5. The summed E-state index contributed by atoms with van der Waals surface area (Å²) in [5.74, 6) is -1.51. The van der Waals surface area contributed by atoms with Gasteiger partial charge in [0.1, 0.15) is 11.9 Å². The maximum atomic E-state index is 14.4. The maximum absolute atomic E-state index is 14.4. The fourth-order valence-corrected chi connectivity index (χ4v) is 6.57. The van der Waals surface area contributed by atoms with Crippen LogP contribution in [0.5, 0.6) is 0 Å². The number of benzene rings is 2. The van der Waals surface area contributed by atoms with Gasteiger partial charge in [-0.2, -0.15) is 4.99 Å². The van der Waals surface area contributed by atoms with E-state index in [2.05, 4.69) is 15.6 Å². The van der Waals surface area contributed by atoms with Gasteiger partial charge in [0.15, 0.2) is 0 Å². The summed E-state index contributed by atoms with van der Waals surface area (Å²) in [5.41, 5.74) is 7.73. The molecule has 0 unspecified atom stereocenters. The van der Waals surface area contributed by atoms with Gasteiger partial charge in [-0.15, -0.1) is 11.3 Å². The van der Waals surface area contributed by atoms with Gasteiger partial charge in [0.25, 0.3) is 0 Å². The number of thiophene rings is 1. The molecule has 4 rings (SSSR count). The predicted octanol–water partition coefficient (Wildman–Crippen LogP) is 4.38. The van der Waals surface area contributed by atoms with Gasteiger partial charge < -0.3 is 20.7 Å². The third-order valence-corrected chi connectivity index (χ3v) is 8.91. The van der Waals surface area contributed by atoms with Gasteiger partial charge in [-0.05, 0) is 48.4 Å². The molecule has 1 fully saturated rings. The van der Waals surface area contributed by atoms with Crippen LogP contribution in [0.15, 0.2) is 77.8 Å². The zero-order valence-electron chi connectivity index (χ0n) is 27.5. The zero-order valence-corrected chi connectivity index (χ0v) is 28.3. The lowest BCUT2D eigenvalue weighted by Gasteiger charge is -2.33. The monoisotopic (exact) mass is 659 g/mol. The zero-order chi connectivity index (χ0) is 34.0. The summed E-state index contributed by atoms with van der Waals surface area (Å²) in [6.07, 6.45) is 1.48. The number of likely N-dealkylation sites (tertiary alicyclic amines) is 1. The molecule has 0 bridgehead atoms. The van der Waals surface area contributed by atoms with Crippen molar-refractivity contribution < 1.29 is 23.9 Å². The van der Waals surface area contributed by atoms with Crippen molar-refractivity contribution >= 4 is 40.9 Å². The van der Waals surface area contributed by atoms with Crippen LogP contribution in [-0.2, 0) is 30.5 Å². The van der Waals surface area contributed by atoms with E-state index in [4.69, 9.17) is 10.5 Å². The minimum atomic E-state index is -0.833. The number of hydrogen-bond acceptors (Lipinski definition) is 7. The molecular formula is C36H45N5O5S. The molecule has 0 radical (unpaired) electrons. The smallest absolute Gasteiger partial charge is 0.319 e. The van der Waals surface area contributed by atoms with Crippen molar-refractivity contribution in [3.8, 4) is 0 Å². The van der Waals surface area contributed by atoms with E-state index in [0.29, 0.717) is 24.3 Å². The highest BCUT2D eigenvalue weighted by atomic mass is 32.1. The number of nitrogens with two attached hydrogens (primary N) is 1. The van der Waals surface area contributed by atoms with Crippen LogP contribution in [0.3, 0.4) is 0 Å². The number of nitrogens with one attached hydrogen (secondary N) is 2. The van der Waals surface area contributed by atoms with E-state index in [1.807, 2.05) is 87.5 Å². The Morgan fingerprint density at radius 1 is 1.00 bits per heavy atom. The number of rotatable bonds is 13. The van der Waals surface area contributed by atoms with Crippen LogP contribution >= 0.6 is 11.3 Å². The lowest BCUT2D eigenvalue weighted by Crippen LogP contribution is -2.55. The highest BCUT2D eigenvalue weighted by Gasteiger charge is 2.40. The van der Waals surface area contributed by atoms with Crippen molar-refractivity contribution in [1.82, 2.24) is 15.5 Å². The van der Waals surface area contributed by atoms with E-state index in [0.717, 1.165) is 16.0 Å². The van der Waals surface area contributed by atoms with Crippen molar-refractivity contribution in [1.29, 1.82) is 0 Å². The lowest BCUT2D eigenvalue weighted by atomic mass is 9.84. The highest BCUT2D eigenvalue weighted by Crippen LogP contribution is 2.31.